The van der Waals surface area contributed by atoms with E-state index in [2.05, 4.69) is 5.32 Å². The van der Waals surface area contributed by atoms with Crippen LogP contribution in [0.3, 0.4) is 0 Å². The molecule has 3 heteroatoms. The number of hydrogen-bond acceptors (Lipinski definition) is 2. The van der Waals surface area contributed by atoms with Crippen LogP contribution in [0, 0.1) is 17.8 Å². The quantitative estimate of drug-likeness (QED) is 0.807. The first kappa shape index (κ1) is 13.9. The molecule has 2 aliphatic carbocycles. The lowest BCUT2D eigenvalue weighted by atomic mass is 9.67. The molecule has 0 bridgehead atoms. The van der Waals surface area contributed by atoms with Gasteiger partial charge < -0.3 is 11.1 Å². The molecule has 4 unspecified atom stereocenters. The van der Waals surface area contributed by atoms with E-state index in [1.54, 1.807) is 0 Å². The van der Waals surface area contributed by atoms with Crippen LogP contribution < -0.4 is 11.1 Å². The Balaban J connectivity index is 1.74. The number of hydrogen-bond donors (Lipinski definition) is 2. The van der Waals surface area contributed by atoms with Crippen LogP contribution in [0.1, 0.15) is 58.3 Å². The van der Waals surface area contributed by atoms with Gasteiger partial charge in [-0.05, 0) is 44.4 Å². The summed E-state index contributed by atoms with van der Waals surface area (Å²) in [6.45, 7) is 2.72. The molecule has 0 heterocycles. The smallest absolute Gasteiger partial charge is 0.223 e. The number of fused-ring (bicyclic) bond motifs is 1. The van der Waals surface area contributed by atoms with Crippen molar-refractivity contribution >= 4 is 5.91 Å². The summed E-state index contributed by atoms with van der Waals surface area (Å²) in [7, 11) is 0. The maximum atomic E-state index is 12.1. The lowest BCUT2D eigenvalue weighted by Crippen LogP contribution is -2.38. The minimum atomic E-state index is 0.180. The fourth-order valence-corrected chi connectivity index (χ4v) is 3.68. The third-order valence-corrected chi connectivity index (χ3v) is 4.81. The van der Waals surface area contributed by atoms with Crippen LogP contribution in [0.4, 0.5) is 0 Å². The number of rotatable bonds is 4. The first-order valence-electron chi connectivity index (χ1n) is 7.70. The SMILES string of the molecule is CC(N)CCNC(=O)C1CCC2CCCCC2C1. The molecule has 2 saturated carbocycles. The molecule has 0 aliphatic heterocycles. The van der Waals surface area contributed by atoms with Crippen molar-refractivity contribution < 1.29 is 4.79 Å². The lowest BCUT2D eigenvalue weighted by molar-refractivity contribution is -0.127. The van der Waals surface area contributed by atoms with Crippen LogP contribution in [0.2, 0.25) is 0 Å². The van der Waals surface area contributed by atoms with E-state index in [0.29, 0.717) is 0 Å². The Morgan fingerprint density at radius 1 is 1.22 bits per heavy atom. The van der Waals surface area contributed by atoms with Crippen LogP contribution >= 0.6 is 0 Å². The van der Waals surface area contributed by atoms with Crippen LogP contribution in [-0.4, -0.2) is 18.5 Å². The highest BCUT2D eigenvalue weighted by molar-refractivity contribution is 5.78. The largest absolute Gasteiger partial charge is 0.356 e. The van der Waals surface area contributed by atoms with Crippen molar-refractivity contribution in [2.24, 2.45) is 23.5 Å². The number of nitrogens with one attached hydrogen (secondary N) is 1. The first-order valence-corrected chi connectivity index (χ1v) is 7.70. The van der Waals surface area contributed by atoms with Gasteiger partial charge in [-0.2, -0.15) is 0 Å². The Hall–Kier alpha value is -0.570. The lowest BCUT2D eigenvalue weighted by Gasteiger charge is -2.38. The summed E-state index contributed by atoms with van der Waals surface area (Å²) in [5, 5.41) is 3.06. The molecule has 0 aromatic rings. The molecule has 3 nitrogen and oxygen atoms in total. The Labute approximate surface area is 111 Å². The van der Waals surface area contributed by atoms with E-state index in [9.17, 15) is 4.79 Å². The Morgan fingerprint density at radius 3 is 2.67 bits per heavy atom. The Bertz CT molecular complexity index is 278. The van der Waals surface area contributed by atoms with Crippen molar-refractivity contribution in [3.8, 4) is 0 Å². The van der Waals surface area contributed by atoms with Crippen molar-refractivity contribution in [2.45, 2.75) is 64.3 Å². The molecule has 4 atom stereocenters. The number of amides is 1. The molecule has 0 radical (unpaired) electrons. The number of carbonyl (C=O) groups is 1. The van der Waals surface area contributed by atoms with Gasteiger partial charge in [0.05, 0.1) is 0 Å². The van der Waals surface area contributed by atoms with Crippen LogP contribution in [0.15, 0.2) is 0 Å². The molecule has 2 aliphatic rings. The van der Waals surface area contributed by atoms with Crippen LogP contribution in [-0.2, 0) is 4.79 Å². The molecular formula is C15H28N2O. The third kappa shape index (κ3) is 3.71. The van der Waals surface area contributed by atoms with Gasteiger partial charge in [0.25, 0.3) is 0 Å². The minimum absolute atomic E-state index is 0.180. The average molecular weight is 252 g/mol. The number of carbonyl (C=O) groups excluding carboxylic acids is 1. The zero-order valence-corrected chi connectivity index (χ0v) is 11.7. The van der Waals surface area contributed by atoms with Crippen molar-refractivity contribution in [1.29, 1.82) is 0 Å². The van der Waals surface area contributed by atoms with Gasteiger partial charge in [-0.3, -0.25) is 4.79 Å². The maximum absolute atomic E-state index is 12.1. The van der Waals surface area contributed by atoms with Crippen LogP contribution in [0.5, 0.6) is 0 Å². The van der Waals surface area contributed by atoms with Crippen molar-refractivity contribution in [1.82, 2.24) is 5.32 Å². The molecule has 0 saturated heterocycles. The van der Waals surface area contributed by atoms with Gasteiger partial charge in [0.2, 0.25) is 5.91 Å². The predicted octanol–water partition coefficient (Wildman–Crippen LogP) is 2.45. The fraction of sp³-hybridized carbons (Fsp3) is 0.933. The molecule has 3 N–H and O–H groups in total. The summed E-state index contributed by atoms with van der Waals surface area (Å²) in [5.74, 6) is 2.31. The minimum Gasteiger partial charge on any atom is -0.356 e. The predicted molar refractivity (Wildman–Crippen MR) is 74.1 cm³/mol. The van der Waals surface area contributed by atoms with E-state index >= 15 is 0 Å². The van der Waals surface area contributed by atoms with E-state index in [-0.39, 0.29) is 17.9 Å². The summed E-state index contributed by atoms with van der Waals surface area (Å²) in [6, 6.07) is 0.180. The summed E-state index contributed by atoms with van der Waals surface area (Å²) in [6.07, 6.45) is 9.94. The van der Waals surface area contributed by atoms with Gasteiger partial charge >= 0.3 is 0 Å². The third-order valence-electron chi connectivity index (χ3n) is 4.81. The Kier molecular flexibility index (Phi) is 5.04. The van der Waals surface area contributed by atoms with Gasteiger partial charge in [0.15, 0.2) is 0 Å². The normalized spacial score (nSPS) is 33.6. The van der Waals surface area contributed by atoms with Crippen molar-refractivity contribution in [3.05, 3.63) is 0 Å². The number of nitrogens with two attached hydrogens (primary N) is 1. The summed E-state index contributed by atoms with van der Waals surface area (Å²) < 4.78 is 0. The zero-order chi connectivity index (χ0) is 13.0. The Morgan fingerprint density at radius 2 is 1.94 bits per heavy atom. The van der Waals surface area contributed by atoms with Crippen LogP contribution in [0.25, 0.3) is 0 Å². The highest BCUT2D eigenvalue weighted by Crippen LogP contribution is 2.42. The molecule has 0 aromatic carbocycles. The van der Waals surface area contributed by atoms with Gasteiger partial charge in [-0.25, -0.2) is 0 Å². The molecule has 2 fully saturated rings. The monoisotopic (exact) mass is 252 g/mol. The second-order valence-corrected chi connectivity index (χ2v) is 6.37. The van der Waals surface area contributed by atoms with Crippen molar-refractivity contribution in [2.75, 3.05) is 6.54 Å². The van der Waals surface area contributed by atoms with E-state index in [0.717, 1.165) is 37.6 Å². The van der Waals surface area contributed by atoms with Gasteiger partial charge in [0.1, 0.15) is 0 Å². The molecule has 104 valence electrons. The molecular weight excluding hydrogens is 224 g/mol. The van der Waals surface area contributed by atoms with Gasteiger partial charge in [-0.15, -0.1) is 0 Å². The molecule has 0 aromatic heterocycles. The topological polar surface area (TPSA) is 55.1 Å². The highest BCUT2D eigenvalue weighted by atomic mass is 16.1. The van der Waals surface area contributed by atoms with E-state index < -0.39 is 0 Å². The molecule has 2 rings (SSSR count). The first-order chi connectivity index (χ1) is 8.66. The maximum Gasteiger partial charge on any atom is 0.223 e. The highest BCUT2D eigenvalue weighted by Gasteiger charge is 2.34. The fourth-order valence-electron chi connectivity index (χ4n) is 3.68. The summed E-state index contributed by atoms with van der Waals surface area (Å²) in [4.78, 5) is 12.1. The van der Waals surface area contributed by atoms with E-state index in [4.69, 9.17) is 5.73 Å². The second-order valence-electron chi connectivity index (χ2n) is 6.37. The average Bonchev–Trinajstić information content (AvgIpc) is 2.37. The van der Waals surface area contributed by atoms with E-state index in [1.165, 1.54) is 32.1 Å². The van der Waals surface area contributed by atoms with Crippen molar-refractivity contribution in [3.63, 3.8) is 0 Å². The second kappa shape index (κ2) is 6.55. The summed E-state index contributed by atoms with van der Waals surface area (Å²) in [5.41, 5.74) is 5.69. The summed E-state index contributed by atoms with van der Waals surface area (Å²) >= 11 is 0. The van der Waals surface area contributed by atoms with Gasteiger partial charge in [-0.1, -0.05) is 25.7 Å². The molecule has 18 heavy (non-hydrogen) atoms. The zero-order valence-electron chi connectivity index (χ0n) is 11.7. The van der Waals surface area contributed by atoms with Gasteiger partial charge in [0, 0.05) is 18.5 Å². The molecule has 1 amide bonds. The van der Waals surface area contributed by atoms with E-state index in [1.807, 2.05) is 6.92 Å². The standard InChI is InChI=1S/C15H28N2O/c1-11(16)8-9-17-15(18)14-7-6-12-4-2-3-5-13(12)10-14/h11-14H,2-10,16H2,1H3,(H,17,18). The molecule has 0 spiro atoms.